The van der Waals surface area contributed by atoms with Crippen molar-refractivity contribution >= 4 is 22.8 Å². The lowest BCUT2D eigenvalue weighted by atomic mass is 10.1. The third-order valence-corrected chi connectivity index (χ3v) is 6.27. The van der Waals surface area contributed by atoms with Crippen molar-refractivity contribution in [1.82, 2.24) is 24.4 Å². The Morgan fingerprint density at radius 3 is 2.35 bits per heavy atom. The minimum absolute atomic E-state index is 0.111. The molecule has 3 heterocycles. The van der Waals surface area contributed by atoms with E-state index in [0.717, 1.165) is 33.4 Å². The Labute approximate surface area is 249 Å². The monoisotopic (exact) mass is 586 g/mol. The Kier molecular flexibility index (Phi) is 9.89. The number of benzene rings is 2. The van der Waals surface area contributed by atoms with Crippen molar-refractivity contribution < 1.29 is 23.8 Å². The molecule has 0 unspecified atom stereocenters. The first-order valence-corrected chi connectivity index (χ1v) is 13.6. The van der Waals surface area contributed by atoms with Crippen molar-refractivity contribution in [2.75, 3.05) is 26.4 Å². The van der Waals surface area contributed by atoms with Gasteiger partial charge in [0.25, 0.3) is 0 Å². The summed E-state index contributed by atoms with van der Waals surface area (Å²) in [6.07, 6.45) is 5.26. The van der Waals surface area contributed by atoms with Gasteiger partial charge >= 0.3 is 5.97 Å². The zero-order valence-electron chi connectivity index (χ0n) is 24.8. The molecule has 43 heavy (non-hydrogen) atoms. The molecular weight excluding hydrogens is 551 g/mol. The first-order chi connectivity index (χ1) is 20.5. The maximum absolute atomic E-state index is 14.2. The average Bonchev–Trinajstić information content (AvgIpc) is 3.34. The number of ether oxygens (including phenoxy) is 2. The topological polar surface area (TPSA) is 129 Å². The van der Waals surface area contributed by atoms with E-state index in [1.165, 1.54) is 18.5 Å². The molecule has 0 atom stereocenters. The molecule has 10 nitrogen and oxygen atoms in total. The fourth-order valence-electron chi connectivity index (χ4n) is 4.26. The van der Waals surface area contributed by atoms with Gasteiger partial charge in [-0.2, -0.15) is 0 Å². The highest BCUT2D eigenvalue weighted by molar-refractivity contribution is 6.00. The van der Waals surface area contributed by atoms with Gasteiger partial charge in [0.15, 0.2) is 0 Å². The lowest BCUT2D eigenvalue weighted by molar-refractivity contribution is -0.137. The second-order valence-corrected chi connectivity index (χ2v) is 10.5. The third kappa shape index (κ3) is 8.26. The number of carboxylic acid groups (broad SMARTS) is 1. The van der Waals surface area contributed by atoms with E-state index in [2.05, 4.69) is 33.4 Å². The fraction of sp³-hybridized carbons (Fsp3) is 0.250. The number of nitrogens with two attached hydrogens (primary N) is 1. The van der Waals surface area contributed by atoms with Crippen LogP contribution in [-0.4, -0.2) is 56.1 Å². The number of carbonyl (C=O) groups is 1. The molecule has 0 saturated heterocycles. The number of rotatable bonds is 9. The Balaban J connectivity index is 0.000000541. The summed E-state index contributed by atoms with van der Waals surface area (Å²) >= 11 is 0. The minimum atomic E-state index is -0.787. The third-order valence-electron chi connectivity index (χ3n) is 6.27. The maximum atomic E-state index is 14.2. The van der Waals surface area contributed by atoms with Gasteiger partial charge in [-0.3, -0.25) is 14.7 Å². The second-order valence-electron chi connectivity index (χ2n) is 10.5. The van der Waals surface area contributed by atoms with E-state index >= 15 is 0 Å². The molecule has 0 bridgehead atoms. The highest BCUT2D eigenvalue weighted by Crippen LogP contribution is 2.35. The van der Waals surface area contributed by atoms with Gasteiger partial charge in [-0.1, -0.05) is 18.2 Å². The van der Waals surface area contributed by atoms with E-state index in [4.69, 9.17) is 20.3 Å². The molecule has 2 aromatic carbocycles. The number of carboxylic acids is 1. The molecule has 0 fully saturated rings. The number of anilines is 1. The number of nitrogen functional groups attached to an aromatic ring is 1. The first-order valence-electron chi connectivity index (χ1n) is 13.6. The Morgan fingerprint density at radius 1 is 1.02 bits per heavy atom. The van der Waals surface area contributed by atoms with Crippen LogP contribution in [0, 0.1) is 12.7 Å². The number of aromatic nitrogens is 4. The second kappa shape index (κ2) is 13.8. The fourth-order valence-corrected chi connectivity index (χ4v) is 4.26. The molecule has 11 heteroatoms. The first kappa shape index (κ1) is 30.9. The molecule has 0 aliphatic heterocycles. The summed E-state index contributed by atoms with van der Waals surface area (Å²) in [7, 11) is 3.43. The van der Waals surface area contributed by atoms with Crippen LogP contribution >= 0.6 is 0 Å². The highest BCUT2D eigenvalue weighted by atomic mass is 19.1. The van der Waals surface area contributed by atoms with Crippen LogP contribution in [0.5, 0.6) is 17.2 Å². The zero-order valence-corrected chi connectivity index (χ0v) is 24.8. The number of pyridine rings is 1. The summed E-state index contributed by atoms with van der Waals surface area (Å²) in [6, 6.07) is 15.9. The summed E-state index contributed by atoms with van der Waals surface area (Å²) in [4.78, 5) is 24.2. The molecule has 0 saturated carbocycles. The molecule has 0 aliphatic carbocycles. The Hall–Kier alpha value is -5.03. The highest BCUT2D eigenvalue weighted by Gasteiger charge is 2.16. The number of aliphatic carboxylic acids is 1. The summed E-state index contributed by atoms with van der Waals surface area (Å²) in [6.45, 7) is 6.49. The van der Waals surface area contributed by atoms with Crippen LogP contribution in [0.2, 0.25) is 0 Å². The zero-order chi connectivity index (χ0) is 31.1. The van der Waals surface area contributed by atoms with Crippen molar-refractivity contribution in [3.05, 3.63) is 90.4 Å². The van der Waals surface area contributed by atoms with Gasteiger partial charge in [-0.15, -0.1) is 0 Å². The van der Waals surface area contributed by atoms with Crippen LogP contribution in [0.3, 0.4) is 0 Å². The Morgan fingerprint density at radius 2 is 1.74 bits per heavy atom. The number of hydrogen-bond donors (Lipinski definition) is 2. The van der Waals surface area contributed by atoms with Crippen LogP contribution in [0.1, 0.15) is 31.1 Å². The summed E-state index contributed by atoms with van der Waals surface area (Å²) in [5.41, 5.74) is 10.7. The number of aryl methyl sites for hydroxylation is 1. The van der Waals surface area contributed by atoms with Gasteiger partial charge in [0.1, 0.15) is 47.5 Å². The quantitative estimate of drug-likeness (QED) is 0.210. The molecule has 0 radical (unpaired) electrons. The predicted octanol–water partition coefficient (Wildman–Crippen LogP) is 6.11. The van der Waals surface area contributed by atoms with Crippen molar-refractivity contribution in [1.29, 1.82) is 0 Å². The molecule has 5 aromatic rings. The number of nitrogens with zero attached hydrogens (tertiary/aromatic N) is 5. The summed E-state index contributed by atoms with van der Waals surface area (Å²) < 4.78 is 28.0. The standard InChI is InChI=1S/C28H26FN5O2.C4H9NO2/c1-17(2)34-14-25(26-27(30)32-16-33-28(26)34)20-6-8-22(9-7-20)36-24-11-21(29)10-23(12-24)35-15-19-5-4-18(3)31-13-19;1-5(2)3-4(6)7/h4-14,16-17H,15H2,1-3H3,(H2,30,32,33);3H2,1-2H3,(H,6,7). The molecule has 3 N–H and O–H groups in total. The van der Waals surface area contributed by atoms with Crippen LogP contribution in [0.15, 0.2) is 73.3 Å². The van der Waals surface area contributed by atoms with Gasteiger partial charge in [-0.05, 0) is 58.6 Å². The van der Waals surface area contributed by atoms with E-state index in [9.17, 15) is 9.18 Å². The van der Waals surface area contributed by atoms with Gasteiger partial charge < -0.3 is 24.9 Å². The molecule has 0 spiro atoms. The van der Waals surface area contributed by atoms with Crippen molar-refractivity contribution in [2.45, 2.75) is 33.4 Å². The van der Waals surface area contributed by atoms with E-state index in [0.29, 0.717) is 23.1 Å². The van der Waals surface area contributed by atoms with E-state index in [1.807, 2.05) is 49.5 Å². The minimum Gasteiger partial charge on any atom is -0.489 e. The molecule has 0 amide bonds. The molecule has 224 valence electrons. The summed E-state index contributed by atoms with van der Waals surface area (Å²) in [5.74, 6) is 0.481. The van der Waals surface area contributed by atoms with Crippen LogP contribution in [-0.2, 0) is 11.4 Å². The van der Waals surface area contributed by atoms with Gasteiger partial charge in [0.05, 0.1) is 11.9 Å². The lowest BCUT2D eigenvalue weighted by Gasteiger charge is -2.11. The SMILES string of the molecule is CN(C)CC(=O)O.Cc1ccc(COc2cc(F)cc(Oc3ccc(-c4cn(C(C)C)c5ncnc(N)c45)cc3)c2)cn1. The summed E-state index contributed by atoms with van der Waals surface area (Å²) in [5, 5.41) is 8.86. The van der Waals surface area contributed by atoms with Crippen LogP contribution in [0.25, 0.3) is 22.2 Å². The number of halogens is 1. The maximum Gasteiger partial charge on any atom is 0.317 e. The van der Waals surface area contributed by atoms with Crippen molar-refractivity contribution in [3.63, 3.8) is 0 Å². The Bertz CT molecular complexity index is 1690. The number of fused-ring (bicyclic) bond motifs is 1. The van der Waals surface area contributed by atoms with E-state index in [1.54, 1.807) is 31.3 Å². The van der Waals surface area contributed by atoms with Gasteiger partial charge in [0, 0.05) is 53.5 Å². The molecule has 0 aliphatic rings. The van der Waals surface area contributed by atoms with Gasteiger partial charge in [0.2, 0.25) is 0 Å². The van der Waals surface area contributed by atoms with Crippen LogP contribution < -0.4 is 15.2 Å². The average molecular weight is 587 g/mol. The van der Waals surface area contributed by atoms with Crippen molar-refractivity contribution in [3.8, 4) is 28.4 Å². The van der Waals surface area contributed by atoms with Gasteiger partial charge in [-0.25, -0.2) is 14.4 Å². The number of hydrogen-bond acceptors (Lipinski definition) is 8. The van der Waals surface area contributed by atoms with Crippen molar-refractivity contribution in [2.24, 2.45) is 0 Å². The van der Waals surface area contributed by atoms with E-state index < -0.39 is 11.8 Å². The lowest BCUT2D eigenvalue weighted by Crippen LogP contribution is -2.20. The largest absolute Gasteiger partial charge is 0.489 e. The normalized spacial score (nSPS) is 11.0. The van der Waals surface area contributed by atoms with E-state index in [-0.39, 0.29) is 19.2 Å². The predicted molar refractivity (Wildman–Crippen MR) is 164 cm³/mol. The molecule has 5 rings (SSSR count). The van der Waals surface area contributed by atoms with Crippen LogP contribution in [0.4, 0.5) is 10.2 Å². The molecule has 3 aromatic heterocycles. The smallest absolute Gasteiger partial charge is 0.317 e. The molecular formula is C32H35FN6O4. The number of likely N-dealkylation sites (N-methyl/N-ethyl adjacent to an activating group) is 1.